The predicted molar refractivity (Wildman–Crippen MR) is 77.0 cm³/mol. The molecule has 2 rings (SSSR count). The second kappa shape index (κ2) is 6.14. The lowest BCUT2D eigenvalue weighted by Gasteiger charge is -2.09. The average molecular weight is 297 g/mol. The lowest BCUT2D eigenvalue weighted by molar-refractivity contribution is 0.578. The third-order valence-corrected chi connectivity index (χ3v) is 4.73. The highest BCUT2D eigenvalue weighted by Crippen LogP contribution is 2.16. The summed E-state index contributed by atoms with van der Waals surface area (Å²) in [6, 6.07) is 5.36. The van der Waals surface area contributed by atoms with E-state index >= 15 is 0 Å². The number of thiophene rings is 1. The fraction of sp³-hybridized carbons (Fsp3) is 0.250. The number of sulfonamides is 1. The van der Waals surface area contributed by atoms with Gasteiger partial charge in [-0.2, -0.15) is 11.3 Å². The largest absolute Gasteiger partial charge is 0.386 e. The van der Waals surface area contributed by atoms with Crippen molar-refractivity contribution in [3.8, 4) is 0 Å². The van der Waals surface area contributed by atoms with Crippen molar-refractivity contribution in [2.45, 2.75) is 11.4 Å². The van der Waals surface area contributed by atoms with Crippen LogP contribution in [0.15, 0.2) is 40.2 Å². The van der Waals surface area contributed by atoms with Gasteiger partial charge in [0.1, 0.15) is 0 Å². The van der Waals surface area contributed by atoms with Crippen LogP contribution in [-0.4, -0.2) is 27.0 Å². The van der Waals surface area contributed by atoms with E-state index in [4.69, 9.17) is 0 Å². The Bertz CT molecular complexity index is 624. The van der Waals surface area contributed by atoms with Gasteiger partial charge in [-0.25, -0.2) is 18.1 Å². The van der Waals surface area contributed by atoms with E-state index in [1.54, 1.807) is 30.5 Å². The zero-order valence-electron chi connectivity index (χ0n) is 10.5. The van der Waals surface area contributed by atoms with Crippen LogP contribution in [0.5, 0.6) is 0 Å². The highest BCUT2D eigenvalue weighted by molar-refractivity contribution is 7.89. The molecular formula is C12H15N3O2S2. The smallest absolute Gasteiger partial charge is 0.260 e. The number of nitrogens with zero attached hydrogens (tertiary/aromatic N) is 1. The Hall–Kier alpha value is -1.44. The predicted octanol–water partition coefficient (Wildman–Crippen LogP) is 1.71. The van der Waals surface area contributed by atoms with Crippen LogP contribution in [0, 0.1) is 0 Å². The summed E-state index contributed by atoms with van der Waals surface area (Å²) in [5.74, 6) is 0. The molecular weight excluding hydrogens is 282 g/mol. The maximum absolute atomic E-state index is 12.1. The van der Waals surface area contributed by atoms with Gasteiger partial charge < -0.3 is 5.32 Å². The molecule has 0 unspecified atom stereocenters. The third-order valence-electron chi connectivity index (χ3n) is 2.58. The van der Waals surface area contributed by atoms with Crippen LogP contribution in [0.2, 0.25) is 0 Å². The standard InChI is InChI=1S/C12H15N3O2S2/c1-13-11-3-2-6-14-12(11)19(16,17)15-7-4-10-5-8-18-9-10/h2-3,5-6,8-9,13,15H,4,7H2,1H3. The molecule has 0 atom stereocenters. The van der Waals surface area contributed by atoms with Gasteiger partial charge in [0.2, 0.25) is 0 Å². The molecule has 19 heavy (non-hydrogen) atoms. The topological polar surface area (TPSA) is 71.1 Å². The van der Waals surface area contributed by atoms with E-state index in [1.807, 2.05) is 16.8 Å². The van der Waals surface area contributed by atoms with Crippen molar-refractivity contribution >= 4 is 27.0 Å². The summed E-state index contributed by atoms with van der Waals surface area (Å²) in [6.07, 6.45) is 2.14. The summed E-state index contributed by atoms with van der Waals surface area (Å²) in [7, 11) is -1.91. The number of anilines is 1. The molecule has 7 heteroatoms. The Morgan fingerprint density at radius 2 is 2.21 bits per heavy atom. The van der Waals surface area contributed by atoms with Crippen LogP contribution in [0.25, 0.3) is 0 Å². The van der Waals surface area contributed by atoms with Gasteiger partial charge in [0.05, 0.1) is 5.69 Å². The van der Waals surface area contributed by atoms with Gasteiger partial charge in [0.15, 0.2) is 5.03 Å². The van der Waals surface area contributed by atoms with Crippen molar-refractivity contribution in [3.05, 3.63) is 40.7 Å². The molecule has 0 fully saturated rings. The zero-order chi connectivity index (χ0) is 13.7. The Kier molecular flexibility index (Phi) is 4.52. The first-order valence-corrected chi connectivity index (χ1v) is 8.19. The van der Waals surface area contributed by atoms with E-state index in [-0.39, 0.29) is 5.03 Å². The van der Waals surface area contributed by atoms with Crippen LogP contribution < -0.4 is 10.0 Å². The summed E-state index contributed by atoms with van der Waals surface area (Å²) in [6.45, 7) is 0.360. The highest BCUT2D eigenvalue weighted by Gasteiger charge is 2.18. The fourth-order valence-corrected chi connectivity index (χ4v) is 3.50. The van der Waals surface area contributed by atoms with Gasteiger partial charge in [-0.1, -0.05) is 0 Å². The van der Waals surface area contributed by atoms with Crippen molar-refractivity contribution in [3.63, 3.8) is 0 Å². The Morgan fingerprint density at radius 3 is 2.89 bits per heavy atom. The molecule has 0 aromatic carbocycles. The number of rotatable bonds is 6. The Morgan fingerprint density at radius 1 is 1.37 bits per heavy atom. The van der Waals surface area contributed by atoms with Crippen LogP contribution >= 0.6 is 11.3 Å². The van der Waals surface area contributed by atoms with E-state index in [1.165, 1.54) is 6.20 Å². The fourth-order valence-electron chi connectivity index (χ4n) is 1.63. The molecule has 0 radical (unpaired) electrons. The molecule has 0 spiro atoms. The number of hydrogen-bond acceptors (Lipinski definition) is 5. The highest BCUT2D eigenvalue weighted by atomic mass is 32.2. The van der Waals surface area contributed by atoms with Gasteiger partial charge in [-0.15, -0.1) is 0 Å². The number of aromatic nitrogens is 1. The number of hydrogen-bond donors (Lipinski definition) is 2. The average Bonchev–Trinajstić information content (AvgIpc) is 2.91. The number of nitrogens with one attached hydrogen (secondary N) is 2. The minimum absolute atomic E-state index is 0.0304. The molecule has 0 bridgehead atoms. The third kappa shape index (κ3) is 3.52. The van der Waals surface area contributed by atoms with E-state index in [0.29, 0.717) is 18.7 Å². The Balaban J connectivity index is 2.05. The van der Waals surface area contributed by atoms with Crippen LogP contribution in [0.3, 0.4) is 0 Å². The molecule has 0 aliphatic heterocycles. The second-order valence-electron chi connectivity index (χ2n) is 3.89. The van der Waals surface area contributed by atoms with Crippen LogP contribution in [-0.2, 0) is 16.4 Å². The molecule has 102 valence electrons. The quantitative estimate of drug-likeness (QED) is 0.851. The van der Waals surface area contributed by atoms with Gasteiger partial charge >= 0.3 is 0 Å². The van der Waals surface area contributed by atoms with E-state index in [9.17, 15) is 8.42 Å². The summed E-state index contributed by atoms with van der Waals surface area (Å²) in [5.41, 5.74) is 1.62. The molecule has 2 N–H and O–H groups in total. The molecule has 2 heterocycles. The van der Waals surface area contributed by atoms with Crippen molar-refractivity contribution in [1.82, 2.24) is 9.71 Å². The van der Waals surface area contributed by atoms with Crippen LogP contribution in [0.4, 0.5) is 5.69 Å². The lowest BCUT2D eigenvalue weighted by atomic mass is 10.2. The first-order chi connectivity index (χ1) is 9.13. The molecule has 2 aromatic heterocycles. The monoisotopic (exact) mass is 297 g/mol. The summed E-state index contributed by atoms with van der Waals surface area (Å²) >= 11 is 1.60. The van der Waals surface area contributed by atoms with E-state index in [2.05, 4.69) is 15.0 Å². The normalized spacial score (nSPS) is 11.4. The summed E-state index contributed by atoms with van der Waals surface area (Å²) in [5, 5.41) is 6.84. The molecule has 0 aliphatic carbocycles. The van der Waals surface area contributed by atoms with Crippen LogP contribution in [0.1, 0.15) is 5.56 Å². The minimum Gasteiger partial charge on any atom is -0.386 e. The molecule has 0 amide bonds. The van der Waals surface area contributed by atoms with Crippen molar-refractivity contribution in [2.75, 3.05) is 18.9 Å². The maximum Gasteiger partial charge on any atom is 0.260 e. The minimum atomic E-state index is -3.58. The van der Waals surface area contributed by atoms with Gasteiger partial charge in [0.25, 0.3) is 10.0 Å². The molecule has 0 saturated heterocycles. The first kappa shape index (κ1) is 14.0. The Labute approximate surface area is 116 Å². The van der Waals surface area contributed by atoms with Crippen molar-refractivity contribution in [1.29, 1.82) is 0 Å². The van der Waals surface area contributed by atoms with Gasteiger partial charge in [0, 0.05) is 19.8 Å². The second-order valence-corrected chi connectivity index (χ2v) is 6.35. The summed E-state index contributed by atoms with van der Waals surface area (Å²) < 4.78 is 26.8. The maximum atomic E-state index is 12.1. The summed E-state index contributed by atoms with van der Waals surface area (Å²) in [4.78, 5) is 3.93. The van der Waals surface area contributed by atoms with Gasteiger partial charge in [-0.05, 0) is 40.9 Å². The lowest BCUT2D eigenvalue weighted by Crippen LogP contribution is -2.27. The zero-order valence-corrected chi connectivity index (χ0v) is 12.1. The SMILES string of the molecule is CNc1cccnc1S(=O)(=O)NCCc1ccsc1. The van der Waals surface area contributed by atoms with Crippen molar-refractivity contribution < 1.29 is 8.42 Å². The van der Waals surface area contributed by atoms with E-state index in [0.717, 1.165) is 5.56 Å². The van der Waals surface area contributed by atoms with Gasteiger partial charge in [-0.3, -0.25) is 0 Å². The van der Waals surface area contributed by atoms with Crippen molar-refractivity contribution in [2.24, 2.45) is 0 Å². The van der Waals surface area contributed by atoms with E-state index < -0.39 is 10.0 Å². The first-order valence-electron chi connectivity index (χ1n) is 5.77. The molecule has 5 nitrogen and oxygen atoms in total. The molecule has 2 aromatic rings. The number of pyridine rings is 1. The molecule has 0 aliphatic rings. The molecule has 0 saturated carbocycles.